The lowest BCUT2D eigenvalue weighted by atomic mass is 10.1. The third-order valence-electron chi connectivity index (χ3n) is 4.06. The zero-order chi connectivity index (χ0) is 20.2. The molecule has 0 spiro atoms. The number of rotatable bonds is 14. The zero-order valence-corrected chi connectivity index (χ0v) is 17.3. The van der Waals surface area contributed by atoms with Crippen LogP contribution in [0, 0.1) is 0 Å². The SMILES string of the molecule is CCCCCCCCCCCCNC(=O)COc1ccc(O)cc1.CCN. The number of nitrogens with one attached hydrogen (secondary N) is 1. The van der Waals surface area contributed by atoms with E-state index in [2.05, 4.69) is 12.2 Å². The summed E-state index contributed by atoms with van der Waals surface area (Å²) in [6.45, 7) is 5.63. The lowest BCUT2D eigenvalue weighted by Gasteiger charge is -2.07. The Hall–Kier alpha value is -1.75. The molecule has 0 heterocycles. The van der Waals surface area contributed by atoms with Crippen molar-refractivity contribution in [3.63, 3.8) is 0 Å². The van der Waals surface area contributed by atoms with Crippen LogP contribution >= 0.6 is 0 Å². The molecule has 0 aliphatic rings. The Morgan fingerprint density at radius 3 is 1.93 bits per heavy atom. The second-order valence-electron chi connectivity index (χ2n) is 6.72. The summed E-state index contributed by atoms with van der Waals surface area (Å²) in [5.74, 6) is 0.675. The first-order chi connectivity index (χ1) is 13.1. The first kappa shape index (κ1) is 25.2. The number of amides is 1. The molecule has 5 heteroatoms. The van der Waals surface area contributed by atoms with Gasteiger partial charge in [0.1, 0.15) is 11.5 Å². The summed E-state index contributed by atoms with van der Waals surface area (Å²) in [4.78, 5) is 11.7. The van der Waals surface area contributed by atoms with Crippen LogP contribution in [-0.2, 0) is 4.79 Å². The van der Waals surface area contributed by atoms with E-state index in [1.165, 1.54) is 69.9 Å². The van der Waals surface area contributed by atoms with Crippen molar-refractivity contribution in [3.8, 4) is 11.5 Å². The maximum Gasteiger partial charge on any atom is 0.257 e. The van der Waals surface area contributed by atoms with Crippen molar-refractivity contribution >= 4 is 5.91 Å². The molecule has 0 saturated carbocycles. The monoisotopic (exact) mass is 380 g/mol. The quantitative estimate of drug-likeness (QED) is 0.406. The molecular formula is C22H40N2O3. The first-order valence-electron chi connectivity index (χ1n) is 10.5. The van der Waals surface area contributed by atoms with E-state index < -0.39 is 0 Å². The average Bonchev–Trinajstić information content (AvgIpc) is 2.66. The number of hydrogen-bond acceptors (Lipinski definition) is 4. The minimum Gasteiger partial charge on any atom is -0.508 e. The molecule has 0 radical (unpaired) electrons. The van der Waals surface area contributed by atoms with Crippen LogP contribution in [0.4, 0.5) is 0 Å². The summed E-state index contributed by atoms with van der Waals surface area (Å²) in [6.07, 6.45) is 12.9. The molecule has 1 aromatic carbocycles. The normalized spacial score (nSPS) is 10.0. The molecular weight excluding hydrogens is 340 g/mol. The van der Waals surface area contributed by atoms with Gasteiger partial charge in [0, 0.05) is 6.54 Å². The molecule has 0 unspecified atom stereocenters. The number of aromatic hydroxyl groups is 1. The molecule has 1 amide bonds. The summed E-state index contributed by atoms with van der Waals surface area (Å²) >= 11 is 0. The van der Waals surface area contributed by atoms with Gasteiger partial charge in [-0.25, -0.2) is 0 Å². The molecule has 0 aliphatic carbocycles. The Morgan fingerprint density at radius 2 is 1.41 bits per heavy atom. The van der Waals surface area contributed by atoms with Gasteiger partial charge in [-0.3, -0.25) is 4.79 Å². The van der Waals surface area contributed by atoms with E-state index in [0.29, 0.717) is 12.3 Å². The number of unbranched alkanes of at least 4 members (excludes halogenated alkanes) is 9. The minimum absolute atomic E-state index is 0.0164. The molecule has 156 valence electrons. The molecule has 0 saturated heterocycles. The van der Waals surface area contributed by atoms with Gasteiger partial charge in [0.05, 0.1) is 0 Å². The summed E-state index contributed by atoms with van der Waals surface area (Å²) in [5.41, 5.74) is 4.85. The number of hydrogen-bond donors (Lipinski definition) is 3. The summed E-state index contributed by atoms with van der Waals surface area (Å²) < 4.78 is 5.35. The third kappa shape index (κ3) is 17.4. The maximum absolute atomic E-state index is 11.7. The number of ether oxygens (including phenoxy) is 1. The van der Waals surface area contributed by atoms with Crippen molar-refractivity contribution in [2.24, 2.45) is 5.73 Å². The van der Waals surface area contributed by atoms with Crippen LogP contribution in [0.3, 0.4) is 0 Å². The Morgan fingerprint density at radius 1 is 0.926 bits per heavy atom. The van der Waals surface area contributed by atoms with Crippen molar-refractivity contribution in [1.29, 1.82) is 0 Å². The second kappa shape index (κ2) is 19.0. The van der Waals surface area contributed by atoms with E-state index in [1.54, 1.807) is 12.1 Å². The van der Waals surface area contributed by atoms with E-state index in [9.17, 15) is 4.79 Å². The fourth-order valence-corrected chi connectivity index (χ4v) is 2.58. The number of nitrogens with two attached hydrogens (primary N) is 1. The van der Waals surface area contributed by atoms with Gasteiger partial charge in [0.25, 0.3) is 5.91 Å². The molecule has 4 N–H and O–H groups in total. The van der Waals surface area contributed by atoms with Gasteiger partial charge in [0.2, 0.25) is 0 Å². The van der Waals surface area contributed by atoms with Crippen LogP contribution in [0.1, 0.15) is 78.1 Å². The fourth-order valence-electron chi connectivity index (χ4n) is 2.58. The van der Waals surface area contributed by atoms with E-state index in [1.807, 2.05) is 6.92 Å². The molecule has 0 fully saturated rings. The van der Waals surface area contributed by atoms with Gasteiger partial charge in [-0.2, -0.15) is 0 Å². The summed E-state index contributed by atoms with van der Waals surface area (Å²) in [5, 5.41) is 12.0. The van der Waals surface area contributed by atoms with Crippen LogP contribution in [0.15, 0.2) is 24.3 Å². The van der Waals surface area contributed by atoms with Gasteiger partial charge in [0.15, 0.2) is 6.61 Å². The lowest BCUT2D eigenvalue weighted by Crippen LogP contribution is -2.29. The Labute approximate surface area is 165 Å². The average molecular weight is 381 g/mol. The third-order valence-corrected chi connectivity index (χ3v) is 4.06. The largest absolute Gasteiger partial charge is 0.508 e. The zero-order valence-electron chi connectivity index (χ0n) is 17.3. The topological polar surface area (TPSA) is 84.6 Å². The van der Waals surface area contributed by atoms with Gasteiger partial charge < -0.3 is 20.9 Å². The standard InChI is InChI=1S/C20H33NO3.C2H7N/c1-2-3-4-5-6-7-8-9-10-11-16-21-20(23)17-24-19-14-12-18(22)13-15-19;1-2-3/h12-15,22H,2-11,16-17H2,1H3,(H,21,23);2-3H2,1H3. The number of carbonyl (C=O) groups excluding carboxylic acids is 1. The predicted octanol–water partition coefficient (Wildman–Crippen LogP) is 4.77. The molecule has 1 rings (SSSR count). The Kier molecular flexibility index (Phi) is 17.8. The van der Waals surface area contributed by atoms with Gasteiger partial charge in [-0.15, -0.1) is 0 Å². The van der Waals surface area contributed by atoms with Crippen LogP contribution in [0.25, 0.3) is 0 Å². The van der Waals surface area contributed by atoms with Gasteiger partial charge in [-0.05, 0) is 37.2 Å². The smallest absolute Gasteiger partial charge is 0.257 e. The summed E-state index contributed by atoms with van der Waals surface area (Å²) in [6, 6.07) is 6.36. The fraction of sp³-hybridized carbons (Fsp3) is 0.682. The maximum atomic E-state index is 11.7. The van der Waals surface area contributed by atoms with Crippen molar-refractivity contribution in [2.45, 2.75) is 78.1 Å². The van der Waals surface area contributed by atoms with Gasteiger partial charge in [-0.1, -0.05) is 71.6 Å². The van der Waals surface area contributed by atoms with E-state index in [0.717, 1.165) is 13.0 Å². The van der Waals surface area contributed by atoms with Crippen LogP contribution < -0.4 is 15.8 Å². The van der Waals surface area contributed by atoms with Crippen LogP contribution in [0.5, 0.6) is 11.5 Å². The molecule has 5 nitrogen and oxygen atoms in total. The highest BCUT2D eigenvalue weighted by atomic mass is 16.5. The molecule has 0 atom stereocenters. The van der Waals surface area contributed by atoms with E-state index in [-0.39, 0.29) is 18.3 Å². The summed E-state index contributed by atoms with van der Waals surface area (Å²) in [7, 11) is 0. The highest BCUT2D eigenvalue weighted by Gasteiger charge is 2.02. The molecule has 0 aliphatic heterocycles. The molecule has 0 bridgehead atoms. The Balaban J connectivity index is 0.00000210. The van der Waals surface area contributed by atoms with Crippen LogP contribution in [0.2, 0.25) is 0 Å². The van der Waals surface area contributed by atoms with Gasteiger partial charge >= 0.3 is 0 Å². The molecule has 27 heavy (non-hydrogen) atoms. The van der Waals surface area contributed by atoms with Crippen molar-refractivity contribution in [3.05, 3.63) is 24.3 Å². The van der Waals surface area contributed by atoms with E-state index in [4.69, 9.17) is 15.6 Å². The molecule has 1 aromatic rings. The predicted molar refractivity (Wildman–Crippen MR) is 113 cm³/mol. The highest BCUT2D eigenvalue weighted by Crippen LogP contribution is 2.15. The van der Waals surface area contributed by atoms with Crippen molar-refractivity contribution in [1.82, 2.24) is 5.32 Å². The highest BCUT2D eigenvalue weighted by molar-refractivity contribution is 5.77. The Bertz CT molecular complexity index is 449. The lowest BCUT2D eigenvalue weighted by molar-refractivity contribution is -0.123. The van der Waals surface area contributed by atoms with Crippen LogP contribution in [-0.4, -0.2) is 30.7 Å². The minimum atomic E-state index is -0.0981. The van der Waals surface area contributed by atoms with E-state index >= 15 is 0 Å². The number of phenols is 1. The number of benzene rings is 1. The first-order valence-corrected chi connectivity index (χ1v) is 10.5. The molecule has 0 aromatic heterocycles. The number of phenolic OH excluding ortho intramolecular Hbond substituents is 1. The van der Waals surface area contributed by atoms with Crippen molar-refractivity contribution < 1.29 is 14.6 Å². The van der Waals surface area contributed by atoms with Crippen molar-refractivity contribution in [2.75, 3.05) is 19.7 Å². The number of carbonyl (C=O) groups is 1. The second-order valence-corrected chi connectivity index (χ2v) is 6.72.